The van der Waals surface area contributed by atoms with E-state index >= 15 is 0 Å². The first-order valence-corrected chi connectivity index (χ1v) is 7.68. The molecule has 7 nitrogen and oxygen atoms in total. The average Bonchev–Trinajstić information content (AvgIpc) is 3.08. The van der Waals surface area contributed by atoms with Crippen molar-refractivity contribution >= 4 is 32.6 Å². The topological polar surface area (TPSA) is 78.3 Å². The molecular formula is C15H16N4O3S. The summed E-state index contributed by atoms with van der Waals surface area (Å²) in [5.74, 6) is 1.03. The Hall–Kier alpha value is -2.61. The van der Waals surface area contributed by atoms with Gasteiger partial charge in [0.2, 0.25) is 0 Å². The monoisotopic (exact) mass is 332 g/mol. The van der Waals surface area contributed by atoms with Crippen LogP contribution in [0.1, 0.15) is 16.1 Å². The van der Waals surface area contributed by atoms with Crippen molar-refractivity contribution in [1.29, 1.82) is 0 Å². The van der Waals surface area contributed by atoms with Crippen molar-refractivity contribution in [3.63, 3.8) is 0 Å². The van der Waals surface area contributed by atoms with E-state index in [9.17, 15) is 4.79 Å². The third-order valence-corrected chi connectivity index (χ3v) is 4.34. The molecular weight excluding hydrogens is 316 g/mol. The predicted molar refractivity (Wildman–Crippen MR) is 88.6 cm³/mol. The number of carbonyl (C=O) groups excluding carboxylic acids is 1. The number of aromatic nitrogens is 3. The Morgan fingerprint density at radius 1 is 1.26 bits per heavy atom. The minimum atomic E-state index is -0.292. The number of hydrogen-bond acceptors (Lipinski definition) is 6. The molecule has 120 valence electrons. The second-order valence-corrected chi connectivity index (χ2v) is 5.95. The molecule has 23 heavy (non-hydrogen) atoms. The van der Waals surface area contributed by atoms with Crippen molar-refractivity contribution in [3.8, 4) is 11.5 Å². The standard InChI is InChI=1S/C15H16N4O3S/c1-8-7-19(2)18-11(8)14(20)17-15-16-12-9(21-3)5-6-10(22-4)13(12)23-15/h5-7H,1-4H3,(H,16,17,20). The smallest absolute Gasteiger partial charge is 0.278 e. The summed E-state index contributed by atoms with van der Waals surface area (Å²) in [6, 6.07) is 3.60. The molecule has 2 aromatic heterocycles. The van der Waals surface area contributed by atoms with Gasteiger partial charge < -0.3 is 9.47 Å². The van der Waals surface area contributed by atoms with Gasteiger partial charge in [0.05, 0.1) is 14.2 Å². The van der Waals surface area contributed by atoms with E-state index in [4.69, 9.17) is 9.47 Å². The predicted octanol–water partition coefficient (Wildman–Crippen LogP) is 2.61. The molecule has 0 saturated carbocycles. The van der Waals surface area contributed by atoms with E-state index in [0.717, 1.165) is 10.3 Å². The van der Waals surface area contributed by atoms with Gasteiger partial charge in [0.15, 0.2) is 10.8 Å². The summed E-state index contributed by atoms with van der Waals surface area (Å²) in [5.41, 5.74) is 1.84. The molecule has 0 unspecified atom stereocenters. The Labute approximate surface area is 136 Å². The third kappa shape index (κ3) is 2.72. The van der Waals surface area contributed by atoms with Crippen LogP contribution in [0.4, 0.5) is 5.13 Å². The van der Waals surface area contributed by atoms with Crippen LogP contribution in [-0.4, -0.2) is 34.9 Å². The SMILES string of the molecule is COc1ccc(OC)c2sc(NC(=O)c3nn(C)cc3C)nc12. The maximum atomic E-state index is 12.4. The van der Waals surface area contributed by atoms with Gasteiger partial charge >= 0.3 is 0 Å². The highest BCUT2D eigenvalue weighted by molar-refractivity contribution is 7.22. The van der Waals surface area contributed by atoms with E-state index in [1.807, 2.05) is 13.0 Å². The minimum Gasteiger partial charge on any atom is -0.495 e. The molecule has 0 aliphatic carbocycles. The van der Waals surface area contributed by atoms with Crippen LogP contribution >= 0.6 is 11.3 Å². The maximum Gasteiger partial charge on any atom is 0.278 e. The average molecular weight is 332 g/mol. The maximum absolute atomic E-state index is 12.4. The molecule has 0 aliphatic heterocycles. The van der Waals surface area contributed by atoms with Gasteiger partial charge in [-0.3, -0.25) is 14.8 Å². The Bertz CT molecular complexity index is 843. The Balaban J connectivity index is 1.97. The number of rotatable bonds is 4. The van der Waals surface area contributed by atoms with Crippen LogP contribution in [0.25, 0.3) is 10.2 Å². The quantitative estimate of drug-likeness (QED) is 0.794. The van der Waals surface area contributed by atoms with E-state index in [1.165, 1.54) is 11.3 Å². The number of carbonyl (C=O) groups is 1. The number of nitrogens with one attached hydrogen (secondary N) is 1. The van der Waals surface area contributed by atoms with Crippen LogP contribution in [0.2, 0.25) is 0 Å². The molecule has 3 aromatic rings. The summed E-state index contributed by atoms with van der Waals surface area (Å²) >= 11 is 1.33. The van der Waals surface area contributed by atoms with Crippen molar-refractivity contribution in [2.45, 2.75) is 6.92 Å². The first-order valence-electron chi connectivity index (χ1n) is 6.86. The van der Waals surface area contributed by atoms with Crippen LogP contribution in [0.5, 0.6) is 11.5 Å². The van der Waals surface area contributed by atoms with Crippen molar-refractivity contribution in [2.75, 3.05) is 19.5 Å². The number of ether oxygens (including phenoxy) is 2. The molecule has 1 amide bonds. The third-order valence-electron chi connectivity index (χ3n) is 3.36. The molecule has 0 aliphatic rings. The van der Waals surface area contributed by atoms with Gasteiger partial charge in [0.1, 0.15) is 21.7 Å². The molecule has 2 heterocycles. The number of amides is 1. The van der Waals surface area contributed by atoms with E-state index < -0.39 is 0 Å². The fourth-order valence-corrected chi connectivity index (χ4v) is 3.30. The zero-order valence-corrected chi connectivity index (χ0v) is 14.0. The van der Waals surface area contributed by atoms with Gasteiger partial charge in [-0.15, -0.1) is 0 Å². The molecule has 8 heteroatoms. The molecule has 1 aromatic carbocycles. The summed E-state index contributed by atoms with van der Waals surface area (Å²) < 4.78 is 13.1. The lowest BCUT2D eigenvalue weighted by Gasteiger charge is -2.03. The Morgan fingerprint density at radius 2 is 1.96 bits per heavy atom. The van der Waals surface area contributed by atoms with Gasteiger partial charge in [-0.25, -0.2) is 4.98 Å². The molecule has 0 bridgehead atoms. The highest BCUT2D eigenvalue weighted by atomic mass is 32.1. The highest BCUT2D eigenvalue weighted by Gasteiger charge is 2.18. The minimum absolute atomic E-state index is 0.292. The first-order chi connectivity index (χ1) is 11.0. The van der Waals surface area contributed by atoms with Crippen molar-refractivity contribution < 1.29 is 14.3 Å². The number of anilines is 1. The fourth-order valence-electron chi connectivity index (χ4n) is 2.33. The summed E-state index contributed by atoms with van der Waals surface area (Å²) in [4.78, 5) is 16.8. The Kier molecular flexibility index (Phi) is 3.91. The number of fused-ring (bicyclic) bond motifs is 1. The zero-order chi connectivity index (χ0) is 16.6. The number of nitrogens with zero attached hydrogens (tertiary/aromatic N) is 3. The number of benzene rings is 1. The summed E-state index contributed by atoms with van der Waals surface area (Å²) in [7, 11) is 4.95. The summed E-state index contributed by atoms with van der Waals surface area (Å²) in [5, 5.41) is 7.42. The van der Waals surface area contributed by atoms with E-state index in [0.29, 0.717) is 27.8 Å². The molecule has 0 atom stereocenters. The number of hydrogen-bond donors (Lipinski definition) is 1. The van der Waals surface area contributed by atoms with Gasteiger partial charge in [-0.05, 0) is 19.1 Å². The van der Waals surface area contributed by atoms with E-state index in [-0.39, 0.29) is 5.91 Å². The fraction of sp³-hybridized carbons (Fsp3) is 0.267. The molecule has 0 radical (unpaired) electrons. The number of aryl methyl sites for hydroxylation is 2. The van der Waals surface area contributed by atoms with Crippen LogP contribution < -0.4 is 14.8 Å². The summed E-state index contributed by atoms with van der Waals surface area (Å²) in [6.07, 6.45) is 1.79. The van der Waals surface area contributed by atoms with Crippen molar-refractivity contribution in [2.24, 2.45) is 7.05 Å². The number of thiazole rings is 1. The highest BCUT2D eigenvalue weighted by Crippen LogP contribution is 2.38. The van der Waals surface area contributed by atoms with Crippen LogP contribution in [0, 0.1) is 6.92 Å². The lowest BCUT2D eigenvalue weighted by Crippen LogP contribution is -2.13. The molecule has 3 rings (SSSR count). The second-order valence-electron chi connectivity index (χ2n) is 4.96. The lowest BCUT2D eigenvalue weighted by molar-refractivity contribution is 0.102. The normalized spacial score (nSPS) is 10.8. The van der Waals surface area contributed by atoms with Crippen LogP contribution in [0.3, 0.4) is 0 Å². The van der Waals surface area contributed by atoms with Crippen molar-refractivity contribution in [1.82, 2.24) is 14.8 Å². The zero-order valence-electron chi connectivity index (χ0n) is 13.2. The summed E-state index contributed by atoms with van der Waals surface area (Å²) in [6.45, 7) is 1.84. The largest absolute Gasteiger partial charge is 0.495 e. The molecule has 1 N–H and O–H groups in total. The molecule has 0 saturated heterocycles. The van der Waals surface area contributed by atoms with Gasteiger partial charge in [-0.1, -0.05) is 11.3 Å². The lowest BCUT2D eigenvalue weighted by atomic mass is 10.3. The molecule has 0 fully saturated rings. The van der Waals surface area contributed by atoms with Crippen LogP contribution in [0.15, 0.2) is 18.3 Å². The van der Waals surface area contributed by atoms with Gasteiger partial charge in [0, 0.05) is 18.8 Å². The Morgan fingerprint density at radius 3 is 2.57 bits per heavy atom. The molecule has 0 spiro atoms. The van der Waals surface area contributed by atoms with E-state index in [1.54, 1.807) is 38.2 Å². The van der Waals surface area contributed by atoms with Gasteiger partial charge in [0.25, 0.3) is 5.91 Å². The second kappa shape index (κ2) is 5.88. The number of methoxy groups -OCH3 is 2. The van der Waals surface area contributed by atoms with E-state index in [2.05, 4.69) is 15.4 Å². The first kappa shape index (κ1) is 15.3. The van der Waals surface area contributed by atoms with Gasteiger partial charge in [-0.2, -0.15) is 5.10 Å². The van der Waals surface area contributed by atoms with Crippen LogP contribution in [-0.2, 0) is 7.05 Å². The van der Waals surface area contributed by atoms with Crippen molar-refractivity contribution in [3.05, 3.63) is 29.6 Å².